The number of hydrogen-bond acceptors (Lipinski definition) is 5. The van der Waals surface area contributed by atoms with Gasteiger partial charge in [0.25, 0.3) is 0 Å². The van der Waals surface area contributed by atoms with Gasteiger partial charge in [0, 0.05) is 18.3 Å². The van der Waals surface area contributed by atoms with Gasteiger partial charge in [0.1, 0.15) is 10.8 Å². The van der Waals surface area contributed by atoms with Crippen molar-refractivity contribution in [2.75, 3.05) is 11.9 Å². The molecule has 0 saturated heterocycles. The average Bonchev–Trinajstić information content (AvgIpc) is 3.14. The second-order valence-electron chi connectivity index (χ2n) is 6.45. The summed E-state index contributed by atoms with van der Waals surface area (Å²) in [6.07, 6.45) is 2.89. The quantitative estimate of drug-likeness (QED) is 0.354. The van der Waals surface area contributed by atoms with Crippen LogP contribution in [0.15, 0.2) is 60.8 Å². The van der Waals surface area contributed by atoms with Crippen LogP contribution in [0.4, 0.5) is 11.5 Å². The second kappa shape index (κ2) is 8.69. The van der Waals surface area contributed by atoms with Gasteiger partial charge in [-0.2, -0.15) is 0 Å². The van der Waals surface area contributed by atoms with Crippen molar-refractivity contribution in [3.8, 4) is 11.1 Å². The number of thiazole rings is 1. The van der Waals surface area contributed by atoms with E-state index in [0.29, 0.717) is 5.02 Å². The van der Waals surface area contributed by atoms with Crippen LogP contribution in [0.3, 0.4) is 0 Å². The van der Waals surface area contributed by atoms with Crippen molar-refractivity contribution in [1.29, 1.82) is 0 Å². The molecule has 6 heteroatoms. The molecule has 4 rings (SSSR count). The van der Waals surface area contributed by atoms with Crippen LogP contribution >= 0.6 is 22.9 Å². The first kappa shape index (κ1) is 18.9. The number of nitrogens with zero attached hydrogens (tertiary/aromatic N) is 2. The first-order valence-electron chi connectivity index (χ1n) is 9.32. The SMILES string of the molecule is CCCNCc1nc2ccnc(Nc3cccc(-c4ccccc4)c3Cl)c2s1. The van der Waals surface area contributed by atoms with E-state index in [2.05, 4.69) is 34.7 Å². The Balaban J connectivity index is 1.65. The van der Waals surface area contributed by atoms with Crippen LogP contribution < -0.4 is 10.6 Å². The smallest absolute Gasteiger partial charge is 0.150 e. The van der Waals surface area contributed by atoms with Gasteiger partial charge in [-0.15, -0.1) is 11.3 Å². The molecule has 0 radical (unpaired) electrons. The molecule has 0 aliphatic heterocycles. The maximum atomic E-state index is 6.72. The lowest BCUT2D eigenvalue weighted by atomic mass is 10.1. The predicted molar refractivity (Wildman–Crippen MR) is 120 cm³/mol. The van der Waals surface area contributed by atoms with E-state index in [0.717, 1.165) is 57.4 Å². The Hall–Kier alpha value is -2.47. The van der Waals surface area contributed by atoms with Crippen LogP contribution in [0, 0.1) is 0 Å². The molecule has 0 fully saturated rings. The number of aromatic nitrogens is 2. The van der Waals surface area contributed by atoms with Gasteiger partial charge in [-0.05, 0) is 30.7 Å². The zero-order valence-corrected chi connectivity index (χ0v) is 17.1. The molecule has 0 unspecified atom stereocenters. The van der Waals surface area contributed by atoms with Crippen molar-refractivity contribution in [2.45, 2.75) is 19.9 Å². The van der Waals surface area contributed by atoms with Crippen molar-refractivity contribution < 1.29 is 0 Å². The monoisotopic (exact) mass is 408 g/mol. The number of benzene rings is 2. The lowest BCUT2D eigenvalue weighted by Crippen LogP contribution is -2.13. The number of rotatable bonds is 7. The molecular formula is C22H21ClN4S. The zero-order chi connectivity index (χ0) is 19.3. The molecule has 2 aromatic carbocycles. The zero-order valence-electron chi connectivity index (χ0n) is 15.6. The van der Waals surface area contributed by atoms with Crippen molar-refractivity contribution in [3.05, 3.63) is 70.8 Å². The summed E-state index contributed by atoms with van der Waals surface area (Å²) in [4.78, 5) is 9.25. The molecule has 0 saturated carbocycles. The summed E-state index contributed by atoms with van der Waals surface area (Å²) in [6.45, 7) is 3.92. The highest BCUT2D eigenvalue weighted by Gasteiger charge is 2.13. The number of anilines is 2. The number of halogens is 1. The second-order valence-corrected chi connectivity index (χ2v) is 7.91. The molecule has 142 valence electrons. The largest absolute Gasteiger partial charge is 0.338 e. The van der Waals surface area contributed by atoms with E-state index in [9.17, 15) is 0 Å². The van der Waals surface area contributed by atoms with Crippen molar-refractivity contribution in [1.82, 2.24) is 15.3 Å². The minimum atomic E-state index is 0.682. The molecule has 4 nitrogen and oxygen atoms in total. The average molecular weight is 409 g/mol. The topological polar surface area (TPSA) is 49.8 Å². The van der Waals surface area contributed by atoms with Crippen molar-refractivity contribution in [2.24, 2.45) is 0 Å². The molecule has 0 aliphatic rings. The molecule has 4 aromatic rings. The first-order chi connectivity index (χ1) is 13.8. The van der Waals surface area contributed by atoms with Gasteiger partial charge in [-0.3, -0.25) is 0 Å². The Morgan fingerprint density at radius 1 is 1.04 bits per heavy atom. The number of pyridine rings is 1. The normalized spacial score (nSPS) is 11.1. The minimum Gasteiger partial charge on any atom is -0.338 e. The van der Waals surface area contributed by atoms with Crippen molar-refractivity contribution in [3.63, 3.8) is 0 Å². The van der Waals surface area contributed by atoms with E-state index in [4.69, 9.17) is 16.6 Å². The molecule has 2 N–H and O–H groups in total. The summed E-state index contributed by atoms with van der Waals surface area (Å²) in [6, 6.07) is 18.1. The molecule has 0 bridgehead atoms. The summed E-state index contributed by atoms with van der Waals surface area (Å²) < 4.78 is 1.04. The van der Waals surface area contributed by atoms with Gasteiger partial charge >= 0.3 is 0 Å². The fourth-order valence-corrected chi connectivity index (χ4v) is 4.29. The maximum absolute atomic E-state index is 6.72. The number of hydrogen-bond donors (Lipinski definition) is 2. The van der Waals surface area contributed by atoms with Crippen LogP contribution in [0.1, 0.15) is 18.4 Å². The lowest BCUT2D eigenvalue weighted by Gasteiger charge is -2.12. The maximum Gasteiger partial charge on any atom is 0.150 e. The van der Waals surface area contributed by atoms with Gasteiger partial charge < -0.3 is 10.6 Å². The van der Waals surface area contributed by atoms with Crippen LogP contribution in [0.5, 0.6) is 0 Å². The molecule has 2 heterocycles. The molecule has 0 atom stereocenters. The van der Waals surface area contributed by atoms with Crippen molar-refractivity contribution >= 4 is 44.7 Å². The Kier molecular flexibility index (Phi) is 5.86. The summed E-state index contributed by atoms with van der Waals surface area (Å²) in [5.41, 5.74) is 3.87. The van der Waals surface area contributed by atoms with Crippen LogP contribution in [0.25, 0.3) is 21.3 Å². The predicted octanol–water partition coefficient (Wildman–Crippen LogP) is 6.25. The Morgan fingerprint density at radius 2 is 1.89 bits per heavy atom. The molecule has 28 heavy (non-hydrogen) atoms. The summed E-state index contributed by atoms with van der Waals surface area (Å²) >= 11 is 8.38. The molecule has 0 amide bonds. The van der Waals surface area contributed by atoms with E-state index in [-0.39, 0.29) is 0 Å². The van der Waals surface area contributed by atoms with E-state index in [1.165, 1.54) is 0 Å². The van der Waals surface area contributed by atoms with E-state index >= 15 is 0 Å². The fraction of sp³-hybridized carbons (Fsp3) is 0.182. The van der Waals surface area contributed by atoms with Gasteiger partial charge in [-0.1, -0.05) is 61.0 Å². The highest BCUT2D eigenvalue weighted by Crippen LogP contribution is 2.37. The van der Waals surface area contributed by atoms with Gasteiger partial charge in [0.2, 0.25) is 0 Å². The van der Waals surface area contributed by atoms with E-state index < -0.39 is 0 Å². The summed E-state index contributed by atoms with van der Waals surface area (Å²) in [7, 11) is 0. The molecular weight excluding hydrogens is 388 g/mol. The highest BCUT2D eigenvalue weighted by atomic mass is 35.5. The Labute approximate surface area is 173 Å². The standard InChI is InChI=1S/C22H21ClN4S/c1-2-12-24-14-19-26-18-11-13-25-22(21(18)28-19)27-17-10-6-9-16(20(17)23)15-7-4-3-5-8-15/h3-11,13,24H,2,12,14H2,1H3,(H,25,27). The fourth-order valence-electron chi connectivity index (χ4n) is 3.04. The first-order valence-corrected chi connectivity index (χ1v) is 10.5. The van der Waals surface area contributed by atoms with Gasteiger partial charge in [0.15, 0.2) is 0 Å². The third-order valence-electron chi connectivity index (χ3n) is 4.39. The molecule has 2 aromatic heterocycles. The summed E-state index contributed by atoms with van der Waals surface area (Å²) in [5, 5.41) is 8.56. The van der Waals surface area contributed by atoms with E-state index in [1.54, 1.807) is 17.5 Å². The summed E-state index contributed by atoms with van der Waals surface area (Å²) in [5.74, 6) is 0.781. The molecule has 0 aliphatic carbocycles. The molecule has 0 spiro atoms. The Morgan fingerprint density at radius 3 is 2.71 bits per heavy atom. The number of fused-ring (bicyclic) bond motifs is 1. The van der Waals surface area contributed by atoms with E-state index in [1.807, 2.05) is 42.5 Å². The highest BCUT2D eigenvalue weighted by molar-refractivity contribution is 7.19. The van der Waals surface area contributed by atoms with Crippen LogP contribution in [-0.2, 0) is 6.54 Å². The minimum absolute atomic E-state index is 0.682. The van der Waals surface area contributed by atoms with Crippen LogP contribution in [0.2, 0.25) is 5.02 Å². The third kappa shape index (κ3) is 4.02. The Bertz CT molecular complexity index is 1080. The lowest BCUT2D eigenvalue weighted by molar-refractivity contribution is 0.673. The van der Waals surface area contributed by atoms with Gasteiger partial charge in [-0.25, -0.2) is 9.97 Å². The van der Waals surface area contributed by atoms with Crippen LogP contribution in [-0.4, -0.2) is 16.5 Å². The van der Waals surface area contributed by atoms with Gasteiger partial charge in [0.05, 0.1) is 20.9 Å². The number of nitrogens with one attached hydrogen (secondary N) is 2. The third-order valence-corrected chi connectivity index (χ3v) is 5.87.